The predicted molar refractivity (Wildman–Crippen MR) is 109 cm³/mol. The van der Waals surface area contributed by atoms with Crippen LogP contribution in [0.25, 0.3) is 0 Å². The Morgan fingerprint density at radius 3 is 2.33 bits per heavy atom. The van der Waals surface area contributed by atoms with Gasteiger partial charge in [0.25, 0.3) is 0 Å². The fourth-order valence-corrected chi connectivity index (χ4v) is 2.61. The van der Waals surface area contributed by atoms with Crippen molar-refractivity contribution in [2.24, 2.45) is 0 Å². The number of halogens is 2. The van der Waals surface area contributed by atoms with E-state index in [0.717, 1.165) is 0 Å². The normalized spacial score (nSPS) is 11.8. The molecule has 27 heavy (non-hydrogen) atoms. The van der Waals surface area contributed by atoms with Crippen LogP contribution in [-0.4, -0.2) is 43.5 Å². The maximum Gasteiger partial charge on any atom is 0.241 e. The van der Waals surface area contributed by atoms with E-state index in [1.54, 1.807) is 61.3 Å². The summed E-state index contributed by atoms with van der Waals surface area (Å²) in [4.78, 5) is 26.3. The lowest BCUT2D eigenvalue weighted by Gasteiger charge is -2.23. The number of anilines is 2. The average Bonchev–Trinajstić information content (AvgIpc) is 2.63. The monoisotopic (exact) mass is 409 g/mol. The molecule has 0 fully saturated rings. The molecule has 2 aromatic rings. The largest absolute Gasteiger partial charge is 0.495 e. The molecule has 2 amide bonds. The Balaban J connectivity index is 1.94. The number of hydrogen-bond donors (Lipinski definition) is 2. The zero-order valence-corrected chi connectivity index (χ0v) is 16.8. The second-order valence-corrected chi connectivity index (χ2v) is 6.85. The van der Waals surface area contributed by atoms with E-state index in [2.05, 4.69) is 10.6 Å². The highest BCUT2D eigenvalue weighted by Crippen LogP contribution is 2.27. The minimum atomic E-state index is -0.551. The number of ether oxygens (including phenoxy) is 1. The first-order chi connectivity index (χ1) is 12.8. The highest BCUT2D eigenvalue weighted by atomic mass is 35.5. The zero-order chi connectivity index (χ0) is 20.0. The SMILES string of the molecule is COc1ccc(Cl)cc1NC(=O)[C@H](C)N(C)CC(=O)Nc1ccc(Cl)cc1. The van der Waals surface area contributed by atoms with Crippen molar-refractivity contribution in [1.29, 1.82) is 0 Å². The van der Waals surface area contributed by atoms with Gasteiger partial charge >= 0.3 is 0 Å². The molecular weight excluding hydrogens is 389 g/mol. The third-order valence-electron chi connectivity index (χ3n) is 3.98. The van der Waals surface area contributed by atoms with Gasteiger partial charge in [0.2, 0.25) is 11.8 Å². The number of likely N-dealkylation sites (N-methyl/N-ethyl adjacent to an activating group) is 1. The van der Waals surface area contributed by atoms with Crippen molar-refractivity contribution in [2.45, 2.75) is 13.0 Å². The van der Waals surface area contributed by atoms with Crippen LogP contribution in [0.3, 0.4) is 0 Å². The zero-order valence-electron chi connectivity index (χ0n) is 15.3. The molecule has 0 spiro atoms. The Bertz CT molecular complexity index is 812. The van der Waals surface area contributed by atoms with Crippen molar-refractivity contribution >= 4 is 46.4 Å². The first-order valence-electron chi connectivity index (χ1n) is 8.20. The topological polar surface area (TPSA) is 70.7 Å². The van der Waals surface area contributed by atoms with Gasteiger partial charge in [-0.2, -0.15) is 0 Å². The number of hydrogen-bond acceptors (Lipinski definition) is 4. The van der Waals surface area contributed by atoms with Gasteiger partial charge in [-0.3, -0.25) is 14.5 Å². The number of carbonyl (C=O) groups is 2. The predicted octanol–water partition coefficient (Wildman–Crippen LogP) is 3.90. The minimum Gasteiger partial charge on any atom is -0.495 e. The van der Waals surface area contributed by atoms with Crippen LogP contribution in [0.1, 0.15) is 6.92 Å². The molecule has 144 valence electrons. The third-order valence-corrected chi connectivity index (χ3v) is 4.47. The molecule has 0 aliphatic carbocycles. The number of nitrogens with zero attached hydrogens (tertiary/aromatic N) is 1. The standard InChI is InChI=1S/C19H21Cl2N3O3/c1-12(19(26)23-16-10-14(21)6-9-17(16)27-3)24(2)11-18(25)22-15-7-4-13(20)5-8-15/h4-10,12H,11H2,1-3H3,(H,22,25)(H,23,26)/t12-/m0/s1. The quantitative estimate of drug-likeness (QED) is 0.727. The Hall–Kier alpha value is -2.28. The van der Waals surface area contributed by atoms with Gasteiger partial charge in [-0.05, 0) is 56.4 Å². The van der Waals surface area contributed by atoms with E-state index in [4.69, 9.17) is 27.9 Å². The maximum atomic E-state index is 12.5. The first kappa shape index (κ1) is 21.0. The Morgan fingerprint density at radius 1 is 1.07 bits per heavy atom. The van der Waals surface area contributed by atoms with Crippen molar-refractivity contribution in [3.05, 3.63) is 52.5 Å². The summed E-state index contributed by atoms with van der Waals surface area (Å²) in [7, 11) is 3.20. The van der Waals surface area contributed by atoms with E-state index >= 15 is 0 Å². The van der Waals surface area contributed by atoms with Gasteiger partial charge in [-0.15, -0.1) is 0 Å². The van der Waals surface area contributed by atoms with Crippen LogP contribution in [-0.2, 0) is 9.59 Å². The van der Waals surface area contributed by atoms with Crippen molar-refractivity contribution < 1.29 is 14.3 Å². The number of carbonyl (C=O) groups excluding carboxylic acids is 2. The van der Waals surface area contributed by atoms with E-state index < -0.39 is 6.04 Å². The van der Waals surface area contributed by atoms with Crippen molar-refractivity contribution in [1.82, 2.24) is 4.90 Å². The second kappa shape index (κ2) is 9.60. The molecule has 2 rings (SSSR count). The third kappa shape index (κ3) is 6.13. The van der Waals surface area contributed by atoms with E-state index in [9.17, 15) is 9.59 Å². The molecule has 0 aromatic heterocycles. The molecular formula is C19H21Cl2N3O3. The fourth-order valence-electron chi connectivity index (χ4n) is 2.31. The molecule has 0 radical (unpaired) electrons. The molecule has 2 N–H and O–H groups in total. The lowest BCUT2D eigenvalue weighted by Crippen LogP contribution is -2.43. The molecule has 8 heteroatoms. The smallest absolute Gasteiger partial charge is 0.241 e. The van der Waals surface area contributed by atoms with Crippen LogP contribution in [0.5, 0.6) is 5.75 Å². The van der Waals surface area contributed by atoms with Crippen LogP contribution in [0.2, 0.25) is 10.0 Å². The first-order valence-corrected chi connectivity index (χ1v) is 8.96. The summed E-state index contributed by atoms with van der Waals surface area (Å²) in [5.41, 5.74) is 1.11. The summed E-state index contributed by atoms with van der Waals surface area (Å²) in [6.45, 7) is 1.76. The van der Waals surface area contributed by atoms with Crippen LogP contribution < -0.4 is 15.4 Å². The van der Waals surface area contributed by atoms with Gasteiger partial charge < -0.3 is 15.4 Å². The van der Waals surface area contributed by atoms with Gasteiger partial charge in [-0.1, -0.05) is 23.2 Å². The molecule has 0 aliphatic heterocycles. The number of nitrogens with one attached hydrogen (secondary N) is 2. The summed E-state index contributed by atoms with van der Waals surface area (Å²) in [6.07, 6.45) is 0. The summed E-state index contributed by atoms with van der Waals surface area (Å²) in [6, 6.07) is 11.2. The van der Waals surface area contributed by atoms with Crippen molar-refractivity contribution in [3.63, 3.8) is 0 Å². The lowest BCUT2D eigenvalue weighted by molar-refractivity contribution is -0.122. The Morgan fingerprint density at radius 2 is 1.70 bits per heavy atom. The summed E-state index contributed by atoms with van der Waals surface area (Å²) in [5, 5.41) is 6.61. The van der Waals surface area contributed by atoms with Crippen LogP contribution in [0.4, 0.5) is 11.4 Å². The van der Waals surface area contributed by atoms with Gasteiger partial charge in [0, 0.05) is 15.7 Å². The van der Waals surface area contributed by atoms with Crippen LogP contribution in [0, 0.1) is 0 Å². The van der Waals surface area contributed by atoms with E-state index in [1.165, 1.54) is 7.11 Å². The van der Waals surface area contributed by atoms with E-state index in [-0.39, 0.29) is 18.4 Å². The number of amides is 2. The van der Waals surface area contributed by atoms with E-state index in [0.29, 0.717) is 27.2 Å². The van der Waals surface area contributed by atoms with Crippen molar-refractivity contribution in [3.8, 4) is 5.75 Å². The summed E-state index contributed by atoms with van der Waals surface area (Å²) < 4.78 is 5.22. The number of benzene rings is 2. The van der Waals surface area contributed by atoms with Crippen LogP contribution >= 0.6 is 23.2 Å². The summed E-state index contributed by atoms with van der Waals surface area (Å²) >= 11 is 11.8. The van der Waals surface area contributed by atoms with Gasteiger partial charge in [0.05, 0.1) is 25.4 Å². The molecule has 0 aliphatic rings. The van der Waals surface area contributed by atoms with Gasteiger partial charge in [0.15, 0.2) is 0 Å². The molecule has 0 saturated heterocycles. The molecule has 6 nitrogen and oxygen atoms in total. The minimum absolute atomic E-state index is 0.0455. The fraction of sp³-hybridized carbons (Fsp3) is 0.263. The maximum absolute atomic E-state index is 12.5. The molecule has 0 bridgehead atoms. The number of rotatable bonds is 7. The Labute approximate surface area is 168 Å². The highest BCUT2D eigenvalue weighted by molar-refractivity contribution is 6.31. The molecule has 1 atom stereocenters. The summed E-state index contributed by atoms with van der Waals surface area (Å²) in [5.74, 6) is -0.0137. The molecule has 2 aromatic carbocycles. The van der Waals surface area contributed by atoms with Gasteiger partial charge in [0.1, 0.15) is 5.75 Å². The molecule has 0 heterocycles. The van der Waals surface area contributed by atoms with E-state index in [1.807, 2.05) is 0 Å². The molecule has 0 saturated carbocycles. The van der Waals surface area contributed by atoms with Crippen molar-refractivity contribution in [2.75, 3.05) is 31.3 Å². The van der Waals surface area contributed by atoms with Gasteiger partial charge in [-0.25, -0.2) is 0 Å². The number of methoxy groups -OCH3 is 1. The lowest BCUT2D eigenvalue weighted by atomic mass is 10.2. The van der Waals surface area contributed by atoms with Crippen LogP contribution in [0.15, 0.2) is 42.5 Å². The second-order valence-electron chi connectivity index (χ2n) is 5.98. The molecule has 0 unspecified atom stereocenters. The highest BCUT2D eigenvalue weighted by Gasteiger charge is 2.21. The Kier molecular flexibility index (Phi) is 7.47. The average molecular weight is 410 g/mol.